The molecule has 1 aliphatic rings. The van der Waals surface area contributed by atoms with Crippen LogP contribution in [0.3, 0.4) is 0 Å². The van der Waals surface area contributed by atoms with Crippen LogP contribution >= 0.6 is 34.3 Å². The van der Waals surface area contributed by atoms with Crippen molar-refractivity contribution in [2.75, 3.05) is 6.61 Å². The summed E-state index contributed by atoms with van der Waals surface area (Å²) < 4.78 is 7.97. The molecule has 2 unspecified atom stereocenters. The van der Waals surface area contributed by atoms with Gasteiger partial charge in [-0.1, -0.05) is 11.6 Å². The zero-order valence-corrected chi connectivity index (χ0v) is 16.9. The number of rotatable bonds is 4. The highest BCUT2D eigenvalue weighted by Crippen LogP contribution is 2.40. The van der Waals surface area contributed by atoms with E-state index in [0.29, 0.717) is 11.4 Å². The van der Waals surface area contributed by atoms with Gasteiger partial charge in [-0.05, 0) is 35.2 Å². The molecular formula is C19H19ClO6S2. The summed E-state index contributed by atoms with van der Waals surface area (Å²) in [5.74, 6) is -0.190. The van der Waals surface area contributed by atoms with Gasteiger partial charge in [-0.15, -0.1) is 22.7 Å². The van der Waals surface area contributed by atoms with Crippen molar-refractivity contribution in [3.8, 4) is 5.75 Å². The van der Waals surface area contributed by atoms with Crippen LogP contribution in [-0.4, -0.2) is 56.6 Å². The fourth-order valence-corrected chi connectivity index (χ4v) is 5.82. The van der Waals surface area contributed by atoms with Gasteiger partial charge in [0.15, 0.2) is 0 Å². The van der Waals surface area contributed by atoms with Gasteiger partial charge in [0.05, 0.1) is 6.61 Å². The molecule has 0 radical (unpaired) electrons. The standard InChI is InChI=1S/C19H19ClO6S2/c20-11-6-12(22)10(19-18(25)17(24)16(23)13(7-21)26-19)4-8(11)3-9-5-15-14(28-9)1-2-27-15/h1-2,4-6,13,16-19,21-25H,3,7H2/t13?,16-,17?,18-,19+/m1/s1. The first kappa shape index (κ1) is 20.1. The SMILES string of the molecule is OCC1O[C@@H](c2cc(Cc3cc4sccc4s3)c(Cl)cc2O)[C@H](O)C(O)[C@@H]1O. The summed E-state index contributed by atoms with van der Waals surface area (Å²) in [5.41, 5.74) is 0.981. The normalized spacial score (nSPS) is 28.1. The van der Waals surface area contributed by atoms with Crippen molar-refractivity contribution in [2.45, 2.75) is 36.9 Å². The van der Waals surface area contributed by atoms with Crippen LogP contribution in [0.1, 0.15) is 22.1 Å². The monoisotopic (exact) mass is 442 g/mol. The van der Waals surface area contributed by atoms with Gasteiger partial charge in [-0.3, -0.25) is 0 Å². The van der Waals surface area contributed by atoms with Gasteiger partial charge in [0.25, 0.3) is 0 Å². The van der Waals surface area contributed by atoms with E-state index in [-0.39, 0.29) is 11.3 Å². The number of halogens is 1. The second kappa shape index (κ2) is 7.89. The summed E-state index contributed by atoms with van der Waals surface area (Å²) in [6.45, 7) is -0.533. The molecule has 5 N–H and O–H groups in total. The highest BCUT2D eigenvalue weighted by Gasteiger charge is 2.44. The molecule has 3 heterocycles. The van der Waals surface area contributed by atoms with Gasteiger partial charge in [0, 0.05) is 31.3 Å². The Labute approximate surface area is 173 Å². The Balaban J connectivity index is 1.67. The maximum absolute atomic E-state index is 10.4. The number of aliphatic hydroxyl groups excluding tert-OH is 4. The van der Waals surface area contributed by atoms with Gasteiger partial charge in [-0.25, -0.2) is 0 Å². The molecule has 9 heteroatoms. The third kappa shape index (κ3) is 3.55. The van der Waals surface area contributed by atoms with E-state index in [0.717, 1.165) is 10.4 Å². The average Bonchev–Trinajstić information content (AvgIpc) is 3.24. The van der Waals surface area contributed by atoms with E-state index < -0.39 is 37.1 Å². The Morgan fingerprint density at radius 2 is 1.82 bits per heavy atom. The van der Waals surface area contributed by atoms with E-state index >= 15 is 0 Å². The molecule has 1 saturated heterocycles. The number of aromatic hydroxyl groups is 1. The first-order chi connectivity index (χ1) is 13.4. The lowest BCUT2D eigenvalue weighted by Crippen LogP contribution is -2.55. The van der Waals surface area contributed by atoms with E-state index in [1.54, 1.807) is 28.7 Å². The Kier molecular flexibility index (Phi) is 5.65. The molecule has 0 bridgehead atoms. The smallest absolute Gasteiger partial charge is 0.122 e. The summed E-state index contributed by atoms with van der Waals surface area (Å²) in [6.07, 6.45) is -6.06. The van der Waals surface area contributed by atoms with E-state index in [4.69, 9.17) is 16.3 Å². The van der Waals surface area contributed by atoms with Crippen LogP contribution in [0.25, 0.3) is 9.40 Å². The minimum atomic E-state index is -1.52. The summed E-state index contributed by atoms with van der Waals surface area (Å²) in [5, 5.41) is 52.5. The third-order valence-electron chi connectivity index (χ3n) is 4.95. The highest BCUT2D eigenvalue weighted by molar-refractivity contribution is 7.26. The van der Waals surface area contributed by atoms with Gasteiger partial charge in [0.1, 0.15) is 36.3 Å². The largest absolute Gasteiger partial charge is 0.508 e. The highest BCUT2D eigenvalue weighted by atomic mass is 35.5. The summed E-state index contributed by atoms with van der Waals surface area (Å²) in [4.78, 5) is 1.11. The van der Waals surface area contributed by atoms with Crippen molar-refractivity contribution in [1.29, 1.82) is 0 Å². The zero-order chi connectivity index (χ0) is 20.0. The van der Waals surface area contributed by atoms with Crippen molar-refractivity contribution in [2.24, 2.45) is 0 Å². The van der Waals surface area contributed by atoms with Crippen molar-refractivity contribution in [3.05, 3.63) is 50.7 Å². The van der Waals surface area contributed by atoms with Gasteiger partial charge in [-0.2, -0.15) is 0 Å². The second-order valence-corrected chi connectivity index (χ2v) is 9.31. The molecule has 1 aliphatic heterocycles. The van der Waals surface area contributed by atoms with Crippen molar-refractivity contribution in [1.82, 2.24) is 0 Å². The molecule has 28 heavy (non-hydrogen) atoms. The molecule has 4 rings (SSSR count). The Morgan fingerprint density at radius 3 is 2.54 bits per heavy atom. The van der Waals surface area contributed by atoms with Crippen LogP contribution in [0, 0.1) is 0 Å². The fraction of sp³-hybridized carbons (Fsp3) is 0.368. The third-order valence-corrected chi connectivity index (χ3v) is 7.39. The number of thiophene rings is 2. The van der Waals surface area contributed by atoms with Crippen LogP contribution < -0.4 is 0 Å². The molecule has 0 amide bonds. The Hall–Kier alpha value is -1.23. The van der Waals surface area contributed by atoms with Gasteiger partial charge >= 0.3 is 0 Å². The van der Waals surface area contributed by atoms with Crippen LogP contribution in [-0.2, 0) is 11.2 Å². The average molecular weight is 443 g/mol. The number of ether oxygens (including phenoxy) is 1. The molecule has 2 aromatic heterocycles. The number of phenols is 1. The Bertz CT molecular complexity index is 956. The Morgan fingerprint density at radius 1 is 1.04 bits per heavy atom. The van der Waals surface area contributed by atoms with Gasteiger partial charge < -0.3 is 30.3 Å². The number of hydrogen-bond acceptors (Lipinski definition) is 8. The maximum atomic E-state index is 10.4. The topological polar surface area (TPSA) is 110 Å². The fourth-order valence-electron chi connectivity index (χ4n) is 3.44. The predicted molar refractivity (Wildman–Crippen MR) is 108 cm³/mol. The molecule has 0 spiro atoms. The molecule has 1 fully saturated rings. The van der Waals surface area contributed by atoms with E-state index in [9.17, 15) is 25.5 Å². The maximum Gasteiger partial charge on any atom is 0.122 e. The van der Waals surface area contributed by atoms with Crippen molar-refractivity contribution in [3.63, 3.8) is 0 Å². The molecule has 5 atom stereocenters. The molecule has 6 nitrogen and oxygen atoms in total. The number of benzene rings is 1. The number of phenolic OH excluding ortho intramolecular Hbond substituents is 1. The quantitative estimate of drug-likeness (QED) is 0.424. The molecule has 1 aromatic carbocycles. The lowest BCUT2D eigenvalue weighted by atomic mass is 9.90. The van der Waals surface area contributed by atoms with Crippen LogP contribution in [0.2, 0.25) is 5.02 Å². The molecular weight excluding hydrogens is 424 g/mol. The van der Waals surface area contributed by atoms with Crippen LogP contribution in [0.15, 0.2) is 29.6 Å². The van der Waals surface area contributed by atoms with Crippen molar-refractivity contribution >= 4 is 43.7 Å². The van der Waals surface area contributed by atoms with E-state index in [1.807, 2.05) is 5.38 Å². The first-order valence-electron chi connectivity index (χ1n) is 8.66. The number of aliphatic hydroxyl groups is 4. The summed E-state index contributed by atoms with van der Waals surface area (Å²) in [6, 6.07) is 7.18. The summed E-state index contributed by atoms with van der Waals surface area (Å²) >= 11 is 9.65. The van der Waals surface area contributed by atoms with Crippen LogP contribution in [0.5, 0.6) is 5.75 Å². The van der Waals surface area contributed by atoms with E-state index in [2.05, 4.69) is 12.1 Å². The zero-order valence-electron chi connectivity index (χ0n) is 14.5. The molecule has 150 valence electrons. The van der Waals surface area contributed by atoms with Crippen molar-refractivity contribution < 1.29 is 30.3 Å². The minimum Gasteiger partial charge on any atom is -0.508 e. The molecule has 0 aliphatic carbocycles. The summed E-state index contributed by atoms with van der Waals surface area (Å²) in [7, 11) is 0. The number of hydrogen-bond donors (Lipinski definition) is 5. The lowest BCUT2D eigenvalue weighted by molar-refractivity contribution is -0.232. The first-order valence-corrected chi connectivity index (χ1v) is 10.7. The van der Waals surface area contributed by atoms with E-state index in [1.165, 1.54) is 15.5 Å². The lowest BCUT2D eigenvalue weighted by Gasteiger charge is -2.40. The van der Waals surface area contributed by atoms with Gasteiger partial charge in [0.2, 0.25) is 0 Å². The van der Waals surface area contributed by atoms with Crippen LogP contribution in [0.4, 0.5) is 0 Å². The molecule has 0 saturated carbocycles. The second-order valence-electron chi connectivity index (χ2n) is 6.79. The minimum absolute atomic E-state index is 0.190. The predicted octanol–water partition coefficient (Wildman–Crippen LogP) is 2.43. The molecule has 3 aromatic rings. The number of fused-ring (bicyclic) bond motifs is 1.